The summed E-state index contributed by atoms with van der Waals surface area (Å²) in [5.74, 6) is -9.15. The molecule has 2 aromatic rings. The lowest BCUT2D eigenvalue weighted by molar-refractivity contribution is -0.150. The van der Waals surface area contributed by atoms with E-state index >= 15 is 0 Å². The molecule has 25 heteroatoms. The van der Waals surface area contributed by atoms with E-state index in [2.05, 4.69) is 52.4 Å². The second-order valence-electron chi connectivity index (χ2n) is 15.7. The van der Waals surface area contributed by atoms with E-state index in [1.807, 2.05) is 0 Å². The number of aromatic hydroxyl groups is 2. The highest BCUT2D eigenvalue weighted by molar-refractivity contribution is 5.75. The van der Waals surface area contributed by atoms with E-state index in [0.29, 0.717) is 11.1 Å². The van der Waals surface area contributed by atoms with Gasteiger partial charge in [-0.3, -0.25) is 69.8 Å². The van der Waals surface area contributed by atoms with Gasteiger partial charge in [-0.15, -0.1) is 10.2 Å². The minimum atomic E-state index is -1.13. The maximum atomic E-state index is 13.0. The number of hydrogen-bond acceptors (Lipinski definition) is 19. The van der Waals surface area contributed by atoms with Crippen LogP contribution in [0.4, 0.5) is 11.4 Å². The van der Waals surface area contributed by atoms with E-state index in [1.54, 1.807) is 13.8 Å². The number of rotatable bonds is 19. The van der Waals surface area contributed by atoms with Crippen LogP contribution >= 0.6 is 0 Å². The summed E-state index contributed by atoms with van der Waals surface area (Å²) in [4.78, 5) is 72.5. The first kappa shape index (κ1) is 47.4. The van der Waals surface area contributed by atoms with Crippen molar-refractivity contribution in [2.75, 3.05) is 26.2 Å². The number of carboxylic acid groups (broad SMARTS) is 4. The third-order valence-electron chi connectivity index (χ3n) is 11.1. The Bertz CT molecular complexity index is 1960. The summed E-state index contributed by atoms with van der Waals surface area (Å²) in [6.45, 7) is 3.26. The minimum absolute atomic E-state index is 0.0224. The molecule has 2 aliphatic carbocycles. The number of nitrogens with zero attached hydrogens (tertiary/aromatic N) is 6. The van der Waals surface area contributed by atoms with Gasteiger partial charge < -0.3 is 35.7 Å². The zero-order valence-electron chi connectivity index (χ0n) is 34.1. The molecule has 5 rings (SSSR count). The monoisotopic (exact) mass is 874 g/mol. The van der Waals surface area contributed by atoms with Crippen LogP contribution in [0.15, 0.2) is 42.2 Å². The third-order valence-corrected chi connectivity index (χ3v) is 11.1. The second-order valence-corrected chi connectivity index (χ2v) is 15.7. The maximum Gasteiger partial charge on any atom is 0.306 e. The molecule has 2 aromatic heterocycles. The Morgan fingerprint density at radius 1 is 0.597 bits per heavy atom. The molecule has 0 bridgehead atoms. The Morgan fingerprint density at radius 2 is 0.919 bits per heavy atom. The average Bonchev–Trinajstić information content (AvgIpc) is 3.21. The number of nitrogens with one attached hydrogen (secondary N) is 6. The summed E-state index contributed by atoms with van der Waals surface area (Å²) in [6, 6.07) is 1.07. The standard InChI is InChI=1S/C37H54N12O13/c1-17-9-25(51)48(29(53)27(17)46-44-23-13-19(31(55)56)11-20(14-23)32(57)58)6-3-38-35-41-36(43-37(42-35)40-5-8-50)39-4-7-49-26(52)10-18(2)28(30(49)54)47-45-24-15-21(33(59)60)12-22(16-24)34(61)62/h9-10,19-24,35-43,50,53-54H,3-8,11-16H2,1-2H3,(H,55,56)(H,57,58)(H,59,60)(H,61,62). The number of aromatic nitrogens is 2. The van der Waals surface area contributed by atoms with Gasteiger partial charge in [0.1, 0.15) is 30.2 Å². The van der Waals surface area contributed by atoms with Crippen molar-refractivity contribution in [2.45, 2.75) is 96.4 Å². The van der Waals surface area contributed by atoms with Gasteiger partial charge in [0.15, 0.2) is 0 Å². The molecular weight excluding hydrogens is 820 g/mol. The van der Waals surface area contributed by atoms with Crippen LogP contribution in [-0.2, 0) is 32.3 Å². The van der Waals surface area contributed by atoms with Gasteiger partial charge in [-0.1, -0.05) is 0 Å². The lowest BCUT2D eigenvalue weighted by Crippen LogP contribution is -2.77. The number of hydrogen-bond donors (Lipinski definition) is 13. The van der Waals surface area contributed by atoms with Crippen LogP contribution in [0.1, 0.15) is 49.7 Å². The quantitative estimate of drug-likeness (QED) is 0.0769. The van der Waals surface area contributed by atoms with Gasteiger partial charge in [-0.05, 0) is 63.5 Å². The number of aliphatic hydroxyl groups is 1. The van der Waals surface area contributed by atoms with Crippen LogP contribution in [0.5, 0.6) is 11.8 Å². The van der Waals surface area contributed by atoms with Gasteiger partial charge >= 0.3 is 23.9 Å². The van der Waals surface area contributed by atoms with Gasteiger partial charge in [-0.2, -0.15) is 10.2 Å². The molecule has 0 aromatic carbocycles. The van der Waals surface area contributed by atoms with E-state index in [0.717, 1.165) is 9.13 Å². The number of aliphatic hydroxyl groups excluding tert-OH is 1. The number of aliphatic carboxylic acids is 4. The Kier molecular flexibility index (Phi) is 16.3. The molecule has 340 valence electrons. The molecule has 6 atom stereocenters. The highest BCUT2D eigenvalue weighted by atomic mass is 16.4. The summed E-state index contributed by atoms with van der Waals surface area (Å²) < 4.78 is 2.14. The van der Waals surface area contributed by atoms with Crippen LogP contribution < -0.4 is 43.0 Å². The van der Waals surface area contributed by atoms with Crippen LogP contribution in [0.2, 0.25) is 0 Å². The second kappa shape index (κ2) is 21.4. The van der Waals surface area contributed by atoms with Gasteiger partial charge in [-0.25, -0.2) is 0 Å². The molecule has 0 amide bonds. The van der Waals surface area contributed by atoms with E-state index < -0.39 is 101 Å². The maximum absolute atomic E-state index is 13.0. The van der Waals surface area contributed by atoms with Gasteiger partial charge in [0.2, 0.25) is 11.8 Å². The lowest BCUT2D eigenvalue weighted by Gasteiger charge is -2.39. The van der Waals surface area contributed by atoms with E-state index in [4.69, 9.17) is 0 Å². The van der Waals surface area contributed by atoms with Crippen molar-refractivity contribution in [2.24, 2.45) is 44.1 Å². The largest absolute Gasteiger partial charge is 0.493 e. The Morgan fingerprint density at radius 3 is 1.23 bits per heavy atom. The SMILES string of the molecule is Cc1cc(=O)n(CCNC2NC(NCCO)NC(NCCn3c(O)c(N=NC4CC(C(=O)O)CC(C(=O)O)C4)c(C)cc3=O)N2)c(O)c1N=NC1CC(C(=O)O)CC(C(=O)O)C1. The Hall–Kier alpha value is -5.70. The summed E-state index contributed by atoms with van der Waals surface area (Å²) in [6.07, 6.45) is -1.62. The first-order chi connectivity index (χ1) is 29.4. The van der Waals surface area contributed by atoms with E-state index in [9.17, 15) is 64.5 Å². The smallest absolute Gasteiger partial charge is 0.306 e. The summed E-state index contributed by atoms with van der Waals surface area (Å²) in [5.41, 5.74) is -0.495. The van der Waals surface area contributed by atoms with Gasteiger partial charge in [0.05, 0.1) is 42.4 Å². The van der Waals surface area contributed by atoms with E-state index in [-0.39, 0.29) is 89.2 Å². The molecule has 1 saturated heterocycles. The lowest BCUT2D eigenvalue weighted by atomic mass is 9.79. The van der Waals surface area contributed by atoms with Crippen molar-refractivity contribution in [1.82, 2.24) is 41.0 Å². The van der Waals surface area contributed by atoms with Crippen molar-refractivity contribution in [1.29, 1.82) is 0 Å². The molecule has 3 heterocycles. The first-order valence-corrected chi connectivity index (χ1v) is 20.1. The molecule has 25 nitrogen and oxygen atoms in total. The molecule has 1 aliphatic heterocycles. The van der Waals surface area contributed by atoms with Crippen molar-refractivity contribution >= 4 is 35.3 Å². The fourth-order valence-corrected chi connectivity index (χ4v) is 7.86. The normalized spacial score (nSPS) is 26.8. The highest BCUT2D eigenvalue weighted by Gasteiger charge is 2.38. The third kappa shape index (κ3) is 12.2. The summed E-state index contributed by atoms with van der Waals surface area (Å²) in [7, 11) is 0. The van der Waals surface area contributed by atoms with Crippen LogP contribution in [0.25, 0.3) is 0 Å². The first-order valence-electron chi connectivity index (χ1n) is 20.1. The number of carbonyl (C=O) groups is 4. The summed E-state index contributed by atoms with van der Waals surface area (Å²) >= 11 is 0. The van der Waals surface area contributed by atoms with Crippen molar-refractivity contribution in [3.05, 3.63) is 44.0 Å². The zero-order chi connectivity index (χ0) is 45.2. The number of pyridine rings is 2. The van der Waals surface area contributed by atoms with Gasteiger partial charge in [0.25, 0.3) is 11.1 Å². The zero-order valence-corrected chi connectivity index (χ0v) is 34.1. The van der Waals surface area contributed by atoms with Crippen molar-refractivity contribution in [3.63, 3.8) is 0 Å². The Balaban J connectivity index is 1.21. The molecule has 6 unspecified atom stereocenters. The molecule has 3 fully saturated rings. The molecular formula is C37H54N12O13. The van der Waals surface area contributed by atoms with Crippen LogP contribution in [-0.4, -0.2) is 126 Å². The molecule has 2 saturated carbocycles. The molecule has 62 heavy (non-hydrogen) atoms. The molecule has 13 N–H and O–H groups in total. The fraction of sp³-hybridized carbons (Fsp3) is 0.622. The van der Waals surface area contributed by atoms with Crippen LogP contribution in [0, 0.1) is 37.5 Å². The van der Waals surface area contributed by atoms with Crippen LogP contribution in [0.3, 0.4) is 0 Å². The molecule has 3 aliphatic rings. The average molecular weight is 875 g/mol. The predicted octanol–water partition coefficient (Wildman–Crippen LogP) is -0.792. The van der Waals surface area contributed by atoms with Gasteiger partial charge in [0, 0.05) is 44.9 Å². The summed E-state index contributed by atoms with van der Waals surface area (Å²) in [5, 5.41) is 105. The van der Waals surface area contributed by atoms with E-state index in [1.165, 1.54) is 12.1 Å². The molecule has 0 radical (unpaired) electrons. The Labute approximate surface area is 353 Å². The number of azo groups is 2. The predicted molar refractivity (Wildman–Crippen MR) is 215 cm³/mol. The number of carboxylic acids is 4. The fourth-order valence-electron chi connectivity index (χ4n) is 7.86. The van der Waals surface area contributed by atoms with Crippen molar-refractivity contribution < 1.29 is 54.9 Å². The minimum Gasteiger partial charge on any atom is -0.493 e. The number of aryl methyl sites for hydroxylation is 2. The molecule has 0 spiro atoms. The van der Waals surface area contributed by atoms with Crippen molar-refractivity contribution in [3.8, 4) is 11.8 Å². The topological polar surface area (TPSA) is 376 Å². The highest BCUT2D eigenvalue weighted by Crippen LogP contribution is 2.36.